The fraction of sp³-hybridized carbons (Fsp3) is 0. The van der Waals surface area contributed by atoms with Crippen LogP contribution in [-0.2, 0) is 0 Å². The van der Waals surface area contributed by atoms with Gasteiger partial charge in [-0.05, 0) is 0 Å². The predicted molar refractivity (Wildman–Crippen MR) is 43.7 cm³/mol. The molecule has 0 amide bonds. The molecule has 0 bridgehead atoms. The van der Waals surface area contributed by atoms with E-state index in [0.717, 1.165) is 15.6 Å². The van der Waals surface area contributed by atoms with Gasteiger partial charge in [-0.3, -0.25) is 0 Å². The topological polar surface area (TPSA) is 67.6 Å². The fourth-order valence-corrected chi connectivity index (χ4v) is 1.50. The first-order chi connectivity index (χ1) is 5.27. The van der Waals surface area contributed by atoms with Crippen molar-refractivity contribution in [3.63, 3.8) is 0 Å². The molecule has 0 saturated carbocycles. The van der Waals surface area contributed by atoms with Crippen molar-refractivity contribution in [2.24, 2.45) is 0 Å². The molecule has 1 radical (unpaired) electrons. The Morgan fingerprint density at radius 3 is 3.18 bits per heavy atom. The van der Waals surface area contributed by atoms with Crippen LogP contribution in [0.3, 0.4) is 0 Å². The van der Waals surface area contributed by atoms with Crippen molar-refractivity contribution in [2.75, 3.05) is 5.73 Å². The molecular formula is C6H5N4Se. The number of anilines is 1. The van der Waals surface area contributed by atoms with Gasteiger partial charge in [-0.15, -0.1) is 0 Å². The van der Waals surface area contributed by atoms with E-state index in [1.807, 2.05) is 0 Å². The Morgan fingerprint density at radius 1 is 1.55 bits per heavy atom. The van der Waals surface area contributed by atoms with Crippen molar-refractivity contribution < 1.29 is 0 Å². The van der Waals surface area contributed by atoms with Crippen LogP contribution in [0, 0.1) is 0 Å². The number of hydrogen-bond donors (Lipinski definition) is 2. The second-order valence-corrected chi connectivity index (χ2v) is 2.96. The van der Waals surface area contributed by atoms with E-state index >= 15 is 0 Å². The van der Waals surface area contributed by atoms with E-state index < -0.39 is 0 Å². The number of rotatable bonds is 0. The van der Waals surface area contributed by atoms with Crippen molar-refractivity contribution in [1.29, 1.82) is 0 Å². The summed E-state index contributed by atoms with van der Waals surface area (Å²) >= 11 is 2.80. The summed E-state index contributed by atoms with van der Waals surface area (Å²) in [4.78, 5) is 11.0. The molecule has 0 atom stereocenters. The molecule has 0 saturated heterocycles. The van der Waals surface area contributed by atoms with Gasteiger partial charge >= 0.3 is 70.5 Å². The zero-order valence-corrected chi connectivity index (χ0v) is 7.25. The molecule has 0 unspecified atom stereocenters. The Kier molecular flexibility index (Phi) is 1.34. The molecule has 2 heterocycles. The number of aromatic nitrogens is 3. The summed E-state index contributed by atoms with van der Waals surface area (Å²) in [5.74, 6) is 0.496. The van der Waals surface area contributed by atoms with Gasteiger partial charge in [0.25, 0.3) is 0 Å². The van der Waals surface area contributed by atoms with E-state index in [2.05, 4.69) is 31.0 Å². The molecule has 2 aromatic rings. The second-order valence-electron chi connectivity index (χ2n) is 2.15. The molecule has 0 spiro atoms. The van der Waals surface area contributed by atoms with Crippen LogP contribution in [0.1, 0.15) is 0 Å². The van der Waals surface area contributed by atoms with Crippen LogP contribution in [0.25, 0.3) is 11.0 Å². The standard InChI is InChI=1S/C6H5N4Se/c7-4-1-3-5(6(11)10-4)9-2-8-3/h1-2H,(H2,7,10)(H,8,9). The predicted octanol–water partition coefficient (Wildman–Crippen LogP) is -0.666. The third-order valence-corrected chi connectivity index (χ3v) is 1.99. The maximum absolute atomic E-state index is 5.50. The van der Waals surface area contributed by atoms with Crippen molar-refractivity contribution in [3.05, 3.63) is 12.4 Å². The summed E-state index contributed by atoms with van der Waals surface area (Å²) in [5.41, 5.74) is 7.25. The van der Waals surface area contributed by atoms with E-state index in [1.165, 1.54) is 0 Å². The molecule has 0 fully saturated rings. The number of fused-ring (bicyclic) bond motifs is 1. The number of nitrogens with one attached hydrogen (secondary N) is 1. The Morgan fingerprint density at radius 2 is 2.36 bits per heavy atom. The van der Waals surface area contributed by atoms with Gasteiger partial charge in [0.2, 0.25) is 0 Å². The molecule has 2 rings (SSSR count). The molecule has 4 nitrogen and oxygen atoms in total. The number of nitrogen functional groups attached to an aromatic ring is 1. The maximum atomic E-state index is 5.50. The number of H-pyrrole nitrogens is 1. The van der Waals surface area contributed by atoms with Crippen LogP contribution >= 0.6 is 0 Å². The number of nitrogens with two attached hydrogens (primary N) is 1. The normalized spacial score (nSPS) is 10.5. The first-order valence-electron chi connectivity index (χ1n) is 3.04. The third-order valence-electron chi connectivity index (χ3n) is 1.39. The SMILES string of the molecule is Nc1cc2[nH]cnc2c([Se])n1. The fourth-order valence-electron chi connectivity index (χ4n) is 0.935. The Balaban J connectivity index is 2.91. The van der Waals surface area contributed by atoms with E-state index in [4.69, 9.17) is 5.73 Å². The molecule has 55 valence electrons. The Bertz CT molecular complexity index is 394. The van der Waals surface area contributed by atoms with Gasteiger partial charge in [0.15, 0.2) is 0 Å². The van der Waals surface area contributed by atoms with Gasteiger partial charge in [-0.25, -0.2) is 0 Å². The molecular weight excluding hydrogens is 207 g/mol. The third kappa shape index (κ3) is 0.982. The summed E-state index contributed by atoms with van der Waals surface area (Å²) in [6, 6.07) is 1.75. The average Bonchev–Trinajstić information content (AvgIpc) is 2.34. The van der Waals surface area contributed by atoms with E-state index in [0.29, 0.717) is 5.82 Å². The van der Waals surface area contributed by atoms with Crippen LogP contribution < -0.4 is 10.3 Å². The van der Waals surface area contributed by atoms with Crippen LogP contribution in [0.4, 0.5) is 5.82 Å². The molecule has 0 aliphatic carbocycles. The van der Waals surface area contributed by atoms with Gasteiger partial charge in [0.1, 0.15) is 0 Å². The Labute approximate surface area is 71.0 Å². The zero-order chi connectivity index (χ0) is 7.84. The first-order valence-corrected chi connectivity index (χ1v) is 3.89. The van der Waals surface area contributed by atoms with Gasteiger partial charge in [0, 0.05) is 0 Å². The molecule has 0 aliphatic rings. The van der Waals surface area contributed by atoms with Crippen molar-refractivity contribution in [2.45, 2.75) is 0 Å². The van der Waals surface area contributed by atoms with Crippen LogP contribution in [-0.4, -0.2) is 31.0 Å². The monoisotopic (exact) mass is 213 g/mol. The van der Waals surface area contributed by atoms with E-state index in [1.54, 1.807) is 12.4 Å². The summed E-state index contributed by atoms with van der Waals surface area (Å²) in [7, 11) is 0. The Hall–Kier alpha value is -1.06. The minimum absolute atomic E-state index is 0.496. The number of nitrogens with zero attached hydrogens (tertiary/aromatic N) is 2. The molecule has 5 heteroatoms. The molecule has 11 heavy (non-hydrogen) atoms. The van der Waals surface area contributed by atoms with E-state index in [-0.39, 0.29) is 0 Å². The minimum atomic E-state index is 0.496. The van der Waals surface area contributed by atoms with Gasteiger partial charge in [-0.2, -0.15) is 0 Å². The summed E-state index contributed by atoms with van der Waals surface area (Å²) in [6.07, 6.45) is 1.62. The number of pyridine rings is 1. The van der Waals surface area contributed by atoms with Crippen molar-refractivity contribution in [3.8, 4) is 0 Å². The van der Waals surface area contributed by atoms with Crippen LogP contribution in [0.2, 0.25) is 0 Å². The first kappa shape index (κ1) is 6.64. The zero-order valence-electron chi connectivity index (χ0n) is 5.53. The van der Waals surface area contributed by atoms with Crippen LogP contribution in [0.15, 0.2) is 12.4 Å². The van der Waals surface area contributed by atoms with Gasteiger partial charge in [-0.1, -0.05) is 0 Å². The number of imidazole rings is 1. The van der Waals surface area contributed by atoms with E-state index in [9.17, 15) is 0 Å². The van der Waals surface area contributed by atoms with Gasteiger partial charge < -0.3 is 0 Å². The number of hydrogen-bond acceptors (Lipinski definition) is 3. The average molecular weight is 212 g/mol. The number of aromatic amines is 1. The quantitative estimate of drug-likeness (QED) is 0.569. The molecule has 0 aromatic carbocycles. The second kappa shape index (κ2) is 2.22. The van der Waals surface area contributed by atoms with Crippen molar-refractivity contribution >= 4 is 37.5 Å². The molecule has 2 aromatic heterocycles. The summed E-state index contributed by atoms with van der Waals surface area (Å²) < 4.78 is 0.737. The summed E-state index contributed by atoms with van der Waals surface area (Å²) in [5, 5.41) is 0. The summed E-state index contributed by atoms with van der Waals surface area (Å²) in [6.45, 7) is 0. The van der Waals surface area contributed by atoms with Gasteiger partial charge in [0.05, 0.1) is 0 Å². The van der Waals surface area contributed by atoms with Crippen molar-refractivity contribution in [1.82, 2.24) is 15.0 Å². The molecule has 0 aliphatic heterocycles. The van der Waals surface area contributed by atoms with Crippen LogP contribution in [0.5, 0.6) is 0 Å². The molecule has 3 N–H and O–H groups in total.